The van der Waals surface area contributed by atoms with E-state index in [0.717, 1.165) is 16.2 Å². The molecule has 0 bridgehead atoms. The maximum absolute atomic E-state index is 12.6. The number of phenols is 1. The van der Waals surface area contributed by atoms with Crippen molar-refractivity contribution in [1.29, 1.82) is 0 Å². The lowest BCUT2D eigenvalue weighted by atomic mass is 10.2. The van der Waals surface area contributed by atoms with Crippen LogP contribution in [0.3, 0.4) is 0 Å². The quantitative estimate of drug-likeness (QED) is 0.378. The van der Waals surface area contributed by atoms with Gasteiger partial charge in [-0.3, -0.25) is 19.3 Å². The number of carbonyl (C=O) groups is 3. The summed E-state index contributed by atoms with van der Waals surface area (Å²) >= 11 is 12.8. The van der Waals surface area contributed by atoms with E-state index in [-0.39, 0.29) is 24.6 Å². The number of thioether (sulfide) groups is 1. The molecule has 0 saturated carbocycles. The number of carbonyl (C=O) groups excluding carboxylic acids is 2. The summed E-state index contributed by atoms with van der Waals surface area (Å²) in [5.74, 6) is -2.02. The number of nitrogens with zero attached hydrogens (tertiary/aromatic N) is 1. The van der Waals surface area contributed by atoms with Gasteiger partial charge < -0.3 is 15.5 Å². The number of benzene rings is 1. The van der Waals surface area contributed by atoms with E-state index in [4.69, 9.17) is 17.3 Å². The van der Waals surface area contributed by atoms with Gasteiger partial charge in [-0.2, -0.15) is 0 Å². The Hall–Kier alpha value is -1.43. The van der Waals surface area contributed by atoms with Gasteiger partial charge in [0.15, 0.2) is 0 Å². The normalized spacial score (nSPS) is 16.7. The van der Waals surface area contributed by atoms with Crippen LogP contribution >= 0.6 is 55.8 Å². The van der Waals surface area contributed by atoms with Crippen molar-refractivity contribution in [3.63, 3.8) is 0 Å². The summed E-state index contributed by atoms with van der Waals surface area (Å²) in [4.78, 5) is 36.7. The topological polar surface area (TPSA) is 107 Å². The van der Waals surface area contributed by atoms with Crippen molar-refractivity contribution in [2.24, 2.45) is 0 Å². The Morgan fingerprint density at radius 2 is 2.07 bits per heavy atom. The van der Waals surface area contributed by atoms with Crippen molar-refractivity contribution < 1.29 is 24.6 Å². The fraction of sp³-hybridized carbons (Fsp3) is 0.250. The summed E-state index contributed by atoms with van der Waals surface area (Å²) in [5, 5.41) is 21.2. The molecule has 1 heterocycles. The highest BCUT2D eigenvalue weighted by Crippen LogP contribution is 2.37. The monoisotopic (exact) mass is 536 g/mol. The van der Waals surface area contributed by atoms with Gasteiger partial charge in [0.1, 0.15) is 16.1 Å². The molecule has 1 unspecified atom stereocenters. The Labute approximate surface area is 181 Å². The average molecular weight is 538 g/mol. The summed E-state index contributed by atoms with van der Waals surface area (Å²) in [6, 6.07) is 2.32. The van der Waals surface area contributed by atoms with Crippen LogP contribution in [0.4, 0.5) is 0 Å². The lowest BCUT2D eigenvalue weighted by molar-refractivity contribution is -0.141. The molecule has 2 rings (SSSR count). The minimum Gasteiger partial charge on any atom is -0.506 e. The number of hydrogen-bond donors (Lipinski definition) is 3. The SMILES string of the molecule is CC(NC(=O)CCN1C(=O)/C(=C/c2cc(Br)cc(Br)c2O)SC1=S)C(=O)O. The van der Waals surface area contributed by atoms with Crippen molar-refractivity contribution in [1.82, 2.24) is 10.2 Å². The molecule has 1 aliphatic heterocycles. The largest absolute Gasteiger partial charge is 0.506 e. The molecule has 1 aliphatic rings. The Bertz CT molecular complexity index is 859. The van der Waals surface area contributed by atoms with Crippen molar-refractivity contribution in [3.05, 3.63) is 31.5 Å². The summed E-state index contributed by atoms with van der Waals surface area (Å²) in [5.41, 5.74) is 0.435. The number of phenolic OH excluding ortho intramolecular Hbond substituents is 1. The van der Waals surface area contributed by atoms with Crippen molar-refractivity contribution in [3.8, 4) is 5.75 Å². The molecule has 0 radical (unpaired) electrons. The molecule has 0 aliphatic carbocycles. The van der Waals surface area contributed by atoms with Crippen LogP contribution in [0.2, 0.25) is 0 Å². The fourth-order valence-electron chi connectivity index (χ4n) is 2.12. The van der Waals surface area contributed by atoms with Gasteiger partial charge in [0, 0.05) is 23.0 Å². The second-order valence-corrected chi connectivity index (χ2v) is 8.98. The first kappa shape index (κ1) is 21.9. The second-order valence-electron chi connectivity index (χ2n) is 5.54. The number of amides is 2. The first-order valence-corrected chi connectivity index (χ1v) is 10.4. The predicted octanol–water partition coefficient (Wildman–Crippen LogP) is 3.10. The van der Waals surface area contributed by atoms with Gasteiger partial charge in [0.25, 0.3) is 5.91 Å². The van der Waals surface area contributed by atoms with Crippen LogP contribution < -0.4 is 5.32 Å². The number of hydrogen-bond acceptors (Lipinski definition) is 6. The van der Waals surface area contributed by atoms with Gasteiger partial charge in [-0.25, -0.2) is 0 Å². The number of carboxylic acid groups (broad SMARTS) is 1. The number of aromatic hydroxyl groups is 1. The molecular formula is C16H14Br2N2O5S2. The summed E-state index contributed by atoms with van der Waals surface area (Å²) in [7, 11) is 0. The van der Waals surface area contributed by atoms with Crippen LogP contribution in [0.1, 0.15) is 18.9 Å². The summed E-state index contributed by atoms with van der Waals surface area (Å²) in [6.45, 7) is 1.39. The highest BCUT2D eigenvalue weighted by atomic mass is 79.9. The van der Waals surface area contributed by atoms with Crippen LogP contribution in [0.25, 0.3) is 6.08 Å². The van der Waals surface area contributed by atoms with Crippen LogP contribution in [0.5, 0.6) is 5.75 Å². The smallest absolute Gasteiger partial charge is 0.325 e. The van der Waals surface area contributed by atoms with Crippen LogP contribution in [0, 0.1) is 0 Å². The van der Waals surface area contributed by atoms with Gasteiger partial charge in [-0.05, 0) is 41.1 Å². The van der Waals surface area contributed by atoms with E-state index in [9.17, 15) is 19.5 Å². The average Bonchev–Trinajstić information content (AvgIpc) is 2.83. The molecule has 7 nitrogen and oxygen atoms in total. The Balaban J connectivity index is 2.09. The molecule has 1 fully saturated rings. The van der Waals surface area contributed by atoms with Crippen LogP contribution in [-0.2, 0) is 14.4 Å². The molecule has 1 aromatic rings. The van der Waals surface area contributed by atoms with Gasteiger partial charge in [0.2, 0.25) is 5.91 Å². The lowest BCUT2D eigenvalue weighted by Crippen LogP contribution is -2.40. The highest BCUT2D eigenvalue weighted by Gasteiger charge is 2.32. The molecule has 3 N–H and O–H groups in total. The van der Waals surface area contributed by atoms with E-state index in [0.29, 0.717) is 19.3 Å². The zero-order chi connectivity index (χ0) is 20.3. The van der Waals surface area contributed by atoms with Crippen LogP contribution in [0.15, 0.2) is 26.0 Å². The minimum absolute atomic E-state index is 0.00879. The highest BCUT2D eigenvalue weighted by molar-refractivity contribution is 9.11. The van der Waals surface area contributed by atoms with Gasteiger partial charge in [-0.1, -0.05) is 39.9 Å². The third-order valence-electron chi connectivity index (χ3n) is 3.53. The number of carboxylic acids is 1. The molecule has 0 aromatic heterocycles. The molecule has 1 saturated heterocycles. The summed E-state index contributed by atoms with van der Waals surface area (Å²) < 4.78 is 1.49. The zero-order valence-electron chi connectivity index (χ0n) is 13.9. The first-order chi connectivity index (χ1) is 12.6. The van der Waals surface area contributed by atoms with Crippen molar-refractivity contribution in [2.75, 3.05) is 6.54 Å². The molecule has 0 spiro atoms. The van der Waals surface area contributed by atoms with E-state index in [1.165, 1.54) is 17.9 Å². The molecule has 11 heteroatoms. The lowest BCUT2D eigenvalue weighted by Gasteiger charge is -2.15. The van der Waals surface area contributed by atoms with Crippen LogP contribution in [-0.4, -0.2) is 49.8 Å². The number of rotatable bonds is 6. The predicted molar refractivity (Wildman–Crippen MR) is 113 cm³/mol. The number of thiocarbonyl (C=S) groups is 1. The van der Waals surface area contributed by atoms with E-state index >= 15 is 0 Å². The van der Waals surface area contributed by atoms with Gasteiger partial charge >= 0.3 is 5.97 Å². The first-order valence-electron chi connectivity index (χ1n) is 7.55. The zero-order valence-corrected chi connectivity index (χ0v) is 18.7. The van der Waals surface area contributed by atoms with Crippen molar-refractivity contribution in [2.45, 2.75) is 19.4 Å². The maximum Gasteiger partial charge on any atom is 0.325 e. The third kappa shape index (κ3) is 5.53. The summed E-state index contributed by atoms with van der Waals surface area (Å²) in [6.07, 6.45) is 1.45. The Kier molecular flexibility index (Phi) is 7.43. The Morgan fingerprint density at radius 1 is 1.41 bits per heavy atom. The minimum atomic E-state index is -1.14. The molecule has 27 heavy (non-hydrogen) atoms. The van der Waals surface area contributed by atoms with E-state index in [1.54, 1.807) is 12.1 Å². The second kappa shape index (κ2) is 9.18. The third-order valence-corrected chi connectivity index (χ3v) is 5.97. The van der Waals surface area contributed by atoms with Gasteiger partial charge in [0.05, 0.1) is 9.38 Å². The van der Waals surface area contributed by atoms with E-state index < -0.39 is 17.9 Å². The number of aliphatic carboxylic acids is 1. The molecule has 1 aromatic carbocycles. The molecule has 2 amide bonds. The van der Waals surface area contributed by atoms with E-state index in [1.807, 2.05) is 0 Å². The molecular weight excluding hydrogens is 524 g/mol. The fourth-order valence-corrected chi connectivity index (χ4v) is 4.68. The standard InChI is InChI=1S/C16H14Br2N2O5S2/c1-7(15(24)25)19-12(21)2-3-20-14(23)11(27-16(20)26)5-8-4-9(17)6-10(18)13(8)22/h4-7,22H,2-3H2,1H3,(H,19,21)(H,24,25)/b11-5-. The maximum atomic E-state index is 12.6. The van der Waals surface area contributed by atoms with E-state index in [2.05, 4.69) is 37.2 Å². The number of halogens is 2. The van der Waals surface area contributed by atoms with Gasteiger partial charge in [-0.15, -0.1) is 0 Å². The number of nitrogens with one attached hydrogen (secondary N) is 1. The van der Waals surface area contributed by atoms with Crippen molar-refractivity contribution >= 4 is 84.0 Å². The molecule has 1 atom stereocenters. The Morgan fingerprint density at radius 3 is 2.70 bits per heavy atom. The molecule has 144 valence electrons.